The molecule has 1 heterocycles. The minimum Gasteiger partial charge on any atom is -0.340 e. The highest BCUT2D eigenvalue weighted by molar-refractivity contribution is 7.11. The molecule has 0 bridgehead atoms. The largest absolute Gasteiger partial charge is 0.340 e. The van der Waals surface area contributed by atoms with Crippen LogP contribution < -0.4 is 5.32 Å². The van der Waals surface area contributed by atoms with Gasteiger partial charge in [0, 0.05) is 29.3 Å². The Labute approximate surface area is 114 Å². The number of nitrogens with zero attached hydrogens (tertiary/aromatic N) is 1. The molecule has 1 amide bonds. The second kappa shape index (κ2) is 7.69. The lowest BCUT2D eigenvalue weighted by molar-refractivity contribution is -0.134. The summed E-state index contributed by atoms with van der Waals surface area (Å²) in [5, 5.41) is 3.03. The van der Waals surface area contributed by atoms with Crippen LogP contribution in [-0.2, 0) is 11.3 Å². The summed E-state index contributed by atoms with van der Waals surface area (Å²) in [6, 6.07) is 4.18. The smallest absolute Gasteiger partial charge is 0.226 e. The molecule has 0 fully saturated rings. The van der Waals surface area contributed by atoms with Gasteiger partial charge in [0.05, 0.1) is 6.54 Å². The van der Waals surface area contributed by atoms with E-state index in [-0.39, 0.29) is 24.2 Å². The van der Waals surface area contributed by atoms with Crippen LogP contribution in [0.25, 0.3) is 0 Å². The van der Waals surface area contributed by atoms with Crippen LogP contribution in [0.4, 0.5) is 0 Å². The van der Waals surface area contributed by atoms with Gasteiger partial charge in [0.25, 0.3) is 0 Å². The zero-order chi connectivity index (χ0) is 12.1. The Balaban J connectivity index is 0.00000256. The van der Waals surface area contributed by atoms with Crippen molar-refractivity contribution in [1.29, 1.82) is 0 Å². The van der Waals surface area contributed by atoms with Crippen molar-refractivity contribution in [3.8, 4) is 0 Å². The van der Waals surface area contributed by atoms with E-state index in [4.69, 9.17) is 0 Å². The quantitative estimate of drug-likeness (QED) is 0.895. The van der Waals surface area contributed by atoms with Gasteiger partial charge in [-0.15, -0.1) is 23.7 Å². The summed E-state index contributed by atoms with van der Waals surface area (Å²) in [6.07, 6.45) is 0. The highest BCUT2D eigenvalue weighted by Crippen LogP contribution is 2.17. The van der Waals surface area contributed by atoms with Gasteiger partial charge < -0.3 is 10.2 Å². The Bertz CT molecular complexity index is 354. The number of thiophene rings is 1. The summed E-state index contributed by atoms with van der Waals surface area (Å²) < 4.78 is 0. The Morgan fingerprint density at radius 1 is 1.53 bits per heavy atom. The maximum absolute atomic E-state index is 11.9. The van der Waals surface area contributed by atoms with Gasteiger partial charge in [-0.1, -0.05) is 6.92 Å². The molecule has 1 unspecified atom stereocenters. The van der Waals surface area contributed by atoms with E-state index in [9.17, 15) is 4.79 Å². The van der Waals surface area contributed by atoms with Gasteiger partial charge in [-0.2, -0.15) is 0 Å². The van der Waals surface area contributed by atoms with Crippen LogP contribution >= 0.6 is 23.7 Å². The summed E-state index contributed by atoms with van der Waals surface area (Å²) in [4.78, 5) is 16.3. The van der Waals surface area contributed by atoms with Gasteiger partial charge in [0.2, 0.25) is 5.91 Å². The van der Waals surface area contributed by atoms with E-state index in [0.29, 0.717) is 6.54 Å². The summed E-state index contributed by atoms with van der Waals surface area (Å²) in [5.74, 6) is 0.233. The average molecular weight is 277 g/mol. The molecule has 0 spiro atoms. The van der Waals surface area contributed by atoms with Crippen LogP contribution in [0, 0.1) is 12.8 Å². The second-order valence-corrected chi connectivity index (χ2v) is 5.54. The summed E-state index contributed by atoms with van der Waals surface area (Å²) in [6.45, 7) is 5.48. The predicted octanol–water partition coefficient (Wildman–Crippen LogP) is 2.29. The third kappa shape index (κ3) is 5.06. The molecular weight excluding hydrogens is 256 g/mol. The fourth-order valence-corrected chi connectivity index (χ4v) is 2.60. The molecule has 0 aliphatic heterocycles. The minimum atomic E-state index is 0. The molecule has 1 aromatic heterocycles. The molecule has 0 saturated heterocycles. The van der Waals surface area contributed by atoms with Crippen molar-refractivity contribution < 1.29 is 4.79 Å². The number of halogens is 1. The van der Waals surface area contributed by atoms with Crippen molar-refractivity contribution in [3.63, 3.8) is 0 Å². The van der Waals surface area contributed by atoms with Gasteiger partial charge in [-0.25, -0.2) is 0 Å². The van der Waals surface area contributed by atoms with Crippen molar-refractivity contribution in [2.45, 2.75) is 20.4 Å². The van der Waals surface area contributed by atoms with E-state index in [1.165, 1.54) is 9.75 Å². The van der Waals surface area contributed by atoms with Gasteiger partial charge in [-0.3, -0.25) is 4.79 Å². The van der Waals surface area contributed by atoms with Crippen LogP contribution in [0.2, 0.25) is 0 Å². The number of carbonyl (C=O) groups is 1. The van der Waals surface area contributed by atoms with E-state index in [1.807, 2.05) is 21.0 Å². The number of carbonyl (C=O) groups excluding carboxylic acids is 1. The molecular formula is C12H21ClN2OS. The molecule has 0 aliphatic carbocycles. The highest BCUT2D eigenvalue weighted by Gasteiger charge is 2.16. The van der Waals surface area contributed by atoms with Crippen LogP contribution in [0.5, 0.6) is 0 Å². The molecule has 0 radical (unpaired) electrons. The Hall–Kier alpha value is -0.580. The Morgan fingerprint density at radius 2 is 2.18 bits per heavy atom. The van der Waals surface area contributed by atoms with Crippen molar-refractivity contribution in [2.75, 3.05) is 20.6 Å². The molecule has 0 aliphatic rings. The molecule has 98 valence electrons. The van der Waals surface area contributed by atoms with Crippen LogP contribution in [0.15, 0.2) is 12.1 Å². The zero-order valence-electron chi connectivity index (χ0n) is 10.8. The highest BCUT2D eigenvalue weighted by atomic mass is 35.5. The number of aryl methyl sites for hydroxylation is 1. The maximum Gasteiger partial charge on any atom is 0.226 e. The summed E-state index contributed by atoms with van der Waals surface area (Å²) in [7, 11) is 3.73. The molecule has 0 aromatic carbocycles. The monoisotopic (exact) mass is 276 g/mol. The topological polar surface area (TPSA) is 32.3 Å². The molecule has 3 nitrogen and oxygen atoms in total. The number of amides is 1. The predicted molar refractivity (Wildman–Crippen MR) is 75.9 cm³/mol. The lowest BCUT2D eigenvalue weighted by atomic mass is 10.1. The normalized spacial score (nSPS) is 11.8. The van der Waals surface area contributed by atoms with Crippen molar-refractivity contribution in [1.82, 2.24) is 10.2 Å². The lowest BCUT2D eigenvalue weighted by Gasteiger charge is -2.20. The number of rotatable bonds is 5. The van der Waals surface area contributed by atoms with Crippen LogP contribution in [0.3, 0.4) is 0 Å². The first-order valence-electron chi connectivity index (χ1n) is 5.49. The number of nitrogens with one attached hydrogen (secondary N) is 1. The van der Waals surface area contributed by atoms with Crippen LogP contribution in [0.1, 0.15) is 16.7 Å². The molecule has 1 rings (SSSR count). The number of hydrogen-bond acceptors (Lipinski definition) is 3. The van der Waals surface area contributed by atoms with Gasteiger partial charge in [0.1, 0.15) is 0 Å². The Morgan fingerprint density at radius 3 is 2.65 bits per heavy atom. The van der Waals surface area contributed by atoms with Crippen molar-refractivity contribution in [2.24, 2.45) is 5.92 Å². The average Bonchev–Trinajstić information content (AvgIpc) is 2.63. The summed E-state index contributed by atoms with van der Waals surface area (Å²) in [5.41, 5.74) is 0. The number of hydrogen-bond donors (Lipinski definition) is 1. The van der Waals surface area contributed by atoms with E-state index < -0.39 is 0 Å². The standard InChI is InChI=1S/C12H20N2OS.ClH/c1-9(7-13-3)12(15)14(4)8-11-6-5-10(2)16-11;/h5-6,9,13H,7-8H2,1-4H3;1H. The van der Waals surface area contributed by atoms with E-state index in [1.54, 1.807) is 16.2 Å². The van der Waals surface area contributed by atoms with Crippen molar-refractivity contribution >= 4 is 29.7 Å². The first kappa shape index (κ1) is 16.4. The maximum atomic E-state index is 11.9. The lowest BCUT2D eigenvalue weighted by Crippen LogP contribution is -2.35. The molecule has 17 heavy (non-hydrogen) atoms. The van der Waals surface area contributed by atoms with Gasteiger partial charge >= 0.3 is 0 Å². The molecule has 1 N–H and O–H groups in total. The van der Waals surface area contributed by atoms with Crippen molar-refractivity contribution in [3.05, 3.63) is 21.9 Å². The van der Waals surface area contributed by atoms with Gasteiger partial charge in [0.15, 0.2) is 0 Å². The zero-order valence-corrected chi connectivity index (χ0v) is 12.5. The fourth-order valence-electron chi connectivity index (χ4n) is 1.65. The van der Waals surface area contributed by atoms with E-state index >= 15 is 0 Å². The molecule has 0 saturated carbocycles. The molecule has 1 atom stereocenters. The van der Waals surface area contributed by atoms with E-state index in [2.05, 4.69) is 24.4 Å². The second-order valence-electron chi connectivity index (χ2n) is 4.17. The van der Waals surface area contributed by atoms with Gasteiger partial charge in [-0.05, 0) is 26.1 Å². The summed E-state index contributed by atoms with van der Waals surface area (Å²) >= 11 is 1.75. The SMILES string of the molecule is CNCC(C)C(=O)N(C)Cc1ccc(C)s1.Cl. The fraction of sp³-hybridized carbons (Fsp3) is 0.583. The first-order chi connectivity index (χ1) is 7.54. The third-order valence-corrected chi connectivity index (χ3v) is 3.48. The molecule has 5 heteroatoms. The minimum absolute atomic E-state index is 0. The Kier molecular flexibility index (Phi) is 7.43. The van der Waals surface area contributed by atoms with Crippen LogP contribution in [-0.4, -0.2) is 31.4 Å². The first-order valence-corrected chi connectivity index (χ1v) is 6.31. The third-order valence-electron chi connectivity index (χ3n) is 2.50. The van der Waals surface area contributed by atoms with E-state index in [0.717, 1.165) is 6.54 Å². The molecule has 1 aromatic rings.